The maximum Gasteiger partial charge on any atom is 0.320 e. The fourth-order valence-corrected chi connectivity index (χ4v) is 2.59. The van der Waals surface area contributed by atoms with Gasteiger partial charge >= 0.3 is 6.03 Å². The number of nitrogens with zero attached hydrogens (tertiary/aromatic N) is 3. The van der Waals surface area contributed by atoms with E-state index in [1.165, 1.54) is 0 Å². The molecule has 0 aromatic rings. The highest BCUT2D eigenvalue weighted by Crippen LogP contribution is 2.12. The van der Waals surface area contributed by atoms with Crippen molar-refractivity contribution in [3.05, 3.63) is 0 Å². The molecule has 0 N–H and O–H groups in total. The Morgan fingerprint density at radius 1 is 1.18 bits per heavy atom. The molecule has 17 heavy (non-hydrogen) atoms. The van der Waals surface area contributed by atoms with Gasteiger partial charge in [0.05, 0.1) is 13.2 Å². The van der Waals surface area contributed by atoms with E-state index in [2.05, 4.69) is 18.9 Å². The lowest BCUT2D eigenvalue weighted by atomic mass is 10.3. The van der Waals surface area contributed by atoms with Gasteiger partial charge in [-0.3, -0.25) is 0 Å². The van der Waals surface area contributed by atoms with E-state index in [1.807, 2.05) is 9.80 Å². The van der Waals surface area contributed by atoms with Gasteiger partial charge < -0.3 is 19.4 Å². The Kier molecular flexibility index (Phi) is 4.23. The van der Waals surface area contributed by atoms with Crippen LogP contribution in [0.5, 0.6) is 0 Å². The van der Waals surface area contributed by atoms with E-state index in [1.54, 1.807) is 0 Å². The van der Waals surface area contributed by atoms with E-state index in [9.17, 15) is 4.79 Å². The molecule has 0 radical (unpaired) electrons. The fraction of sp³-hybridized carbons (Fsp3) is 0.917. The molecule has 2 fully saturated rings. The van der Waals surface area contributed by atoms with Gasteiger partial charge in [0.25, 0.3) is 0 Å². The van der Waals surface area contributed by atoms with Gasteiger partial charge in [-0.2, -0.15) is 0 Å². The number of rotatable bonds is 0. The smallest absolute Gasteiger partial charge is 0.320 e. The molecule has 98 valence electrons. The van der Waals surface area contributed by atoms with Crippen molar-refractivity contribution in [1.82, 2.24) is 14.7 Å². The number of amides is 2. The first kappa shape index (κ1) is 12.6. The molecule has 2 aliphatic rings. The molecule has 2 amide bonds. The first-order valence-corrected chi connectivity index (χ1v) is 6.50. The number of hydrogen-bond acceptors (Lipinski definition) is 3. The summed E-state index contributed by atoms with van der Waals surface area (Å²) in [5, 5.41) is 0. The van der Waals surface area contributed by atoms with Crippen LogP contribution in [0, 0.1) is 0 Å². The normalized spacial score (nSPS) is 28.0. The topological polar surface area (TPSA) is 36.0 Å². The van der Waals surface area contributed by atoms with Crippen LogP contribution in [0.3, 0.4) is 0 Å². The van der Waals surface area contributed by atoms with E-state index in [0.717, 1.165) is 39.1 Å². The van der Waals surface area contributed by atoms with Crippen molar-refractivity contribution in [2.75, 3.05) is 53.0 Å². The standard InChI is InChI=1S/C12H23N3O2/c1-11-10-13(2)4-3-5-15(11)12(16)14-6-8-17-9-7-14/h11H,3-10H2,1-2H3. The lowest BCUT2D eigenvalue weighted by Gasteiger charge is -2.35. The zero-order valence-corrected chi connectivity index (χ0v) is 10.9. The Hall–Kier alpha value is -0.810. The number of hydrogen-bond donors (Lipinski definition) is 0. The second-order valence-corrected chi connectivity index (χ2v) is 5.04. The van der Waals surface area contributed by atoms with Gasteiger partial charge in [-0.05, 0) is 26.9 Å². The average Bonchev–Trinajstić information content (AvgIpc) is 2.50. The Morgan fingerprint density at radius 3 is 2.59 bits per heavy atom. The third kappa shape index (κ3) is 3.10. The molecule has 2 rings (SSSR count). The van der Waals surface area contributed by atoms with Crippen LogP contribution in [0.4, 0.5) is 4.79 Å². The Bertz CT molecular complexity index is 266. The van der Waals surface area contributed by atoms with Crippen LogP contribution in [-0.4, -0.2) is 79.8 Å². The zero-order valence-electron chi connectivity index (χ0n) is 10.9. The molecule has 0 bridgehead atoms. The summed E-state index contributed by atoms with van der Waals surface area (Å²) in [5.74, 6) is 0. The van der Waals surface area contributed by atoms with Gasteiger partial charge in [0.15, 0.2) is 0 Å². The third-order valence-corrected chi connectivity index (χ3v) is 3.57. The van der Waals surface area contributed by atoms with Gasteiger partial charge in [-0.25, -0.2) is 4.79 Å². The number of urea groups is 1. The quantitative estimate of drug-likeness (QED) is 0.618. The van der Waals surface area contributed by atoms with Crippen molar-refractivity contribution in [3.8, 4) is 0 Å². The van der Waals surface area contributed by atoms with Gasteiger partial charge in [0.2, 0.25) is 0 Å². The third-order valence-electron chi connectivity index (χ3n) is 3.57. The highest BCUT2D eigenvalue weighted by molar-refractivity contribution is 5.75. The van der Waals surface area contributed by atoms with Crippen LogP contribution in [0.1, 0.15) is 13.3 Å². The van der Waals surface area contributed by atoms with Crippen molar-refractivity contribution < 1.29 is 9.53 Å². The van der Waals surface area contributed by atoms with E-state index < -0.39 is 0 Å². The number of ether oxygens (including phenoxy) is 1. The summed E-state index contributed by atoms with van der Waals surface area (Å²) < 4.78 is 5.29. The molecule has 0 spiro atoms. The largest absolute Gasteiger partial charge is 0.378 e. The lowest BCUT2D eigenvalue weighted by Crippen LogP contribution is -2.52. The van der Waals surface area contributed by atoms with Crippen molar-refractivity contribution in [3.63, 3.8) is 0 Å². The van der Waals surface area contributed by atoms with Crippen LogP contribution in [-0.2, 0) is 4.74 Å². The van der Waals surface area contributed by atoms with Crippen LogP contribution in [0.2, 0.25) is 0 Å². The average molecular weight is 241 g/mol. The van der Waals surface area contributed by atoms with E-state index in [-0.39, 0.29) is 6.03 Å². The van der Waals surface area contributed by atoms with Crippen molar-refractivity contribution >= 4 is 6.03 Å². The summed E-state index contributed by atoms with van der Waals surface area (Å²) in [5.41, 5.74) is 0. The van der Waals surface area contributed by atoms with Crippen LogP contribution in [0.15, 0.2) is 0 Å². The van der Waals surface area contributed by atoms with Gasteiger partial charge in [0.1, 0.15) is 0 Å². The molecule has 0 aliphatic carbocycles. The minimum absolute atomic E-state index is 0.191. The molecular weight excluding hydrogens is 218 g/mol. The van der Waals surface area contributed by atoms with Crippen molar-refractivity contribution in [2.45, 2.75) is 19.4 Å². The van der Waals surface area contributed by atoms with Gasteiger partial charge in [0, 0.05) is 32.2 Å². The summed E-state index contributed by atoms with van der Waals surface area (Å²) in [6.07, 6.45) is 1.07. The predicted octanol–water partition coefficient (Wildman–Crippen LogP) is 0.465. The summed E-state index contributed by atoms with van der Waals surface area (Å²) in [4.78, 5) is 18.6. The van der Waals surface area contributed by atoms with E-state index in [0.29, 0.717) is 19.3 Å². The fourth-order valence-electron chi connectivity index (χ4n) is 2.59. The number of carbonyl (C=O) groups excluding carboxylic acids is 1. The molecule has 0 aromatic heterocycles. The van der Waals surface area contributed by atoms with E-state index in [4.69, 9.17) is 4.74 Å². The summed E-state index contributed by atoms with van der Waals surface area (Å²) in [6.45, 7) is 7.88. The number of likely N-dealkylation sites (N-methyl/N-ethyl adjacent to an activating group) is 1. The Morgan fingerprint density at radius 2 is 1.88 bits per heavy atom. The molecule has 5 nitrogen and oxygen atoms in total. The van der Waals surface area contributed by atoms with Gasteiger partial charge in [-0.1, -0.05) is 0 Å². The second kappa shape index (κ2) is 5.69. The molecule has 0 saturated carbocycles. The van der Waals surface area contributed by atoms with Gasteiger partial charge in [-0.15, -0.1) is 0 Å². The molecule has 2 aliphatic heterocycles. The lowest BCUT2D eigenvalue weighted by molar-refractivity contribution is 0.0401. The highest BCUT2D eigenvalue weighted by atomic mass is 16.5. The maximum atomic E-state index is 12.4. The monoisotopic (exact) mass is 241 g/mol. The molecule has 5 heteroatoms. The van der Waals surface area contributed by atoms with Crippen LogP contribution >= 0.6 is 0 Å². The Labute approximate surface area is 103 Å². The van der Waals surface area contributed by atoms with Crippen molar-refractivity contribution in [2.24, 2.45) is 0 Å². The van der Waals surface area contributed by atoms with Crippen LogP contribution in [0.25, 0.3) is 0 Å². The Balaban J connectivity index is 1.96. The predicted molar refractivity (Wildman–Crippen MR) is 66.1 cm³/mol. The molecule has 2 heterocycles. The number of morpholine rings is 1. The SMILES string of the molecule is CC1CN(C)CCCN1C(=O)N1CCOCC1. The summed E-state index contributed by atoms with van der Waals surface area (Å²) in [6, 6.07) is 0.494. The summed E-state index contributed by atoms with van der Waals surface area (Å²) >= 11 is 0. The maximum absolute atomic E-state index is 12.4. The second-order valence-electron chi connectivity index (χ2n) is 5.04. The minimum Gasteiger partial charge on any atom is -0.378 e. The summed E-state index contributed by atoms with van der Waals surface area (Å²) in [7, 11) is 2.12. The van der Waals surface area contributed by atoms with Crippen molar-refractivity contribution in [1.29, 1.82) is 0 Å². The van der Waals surface area contributed by atoms with Crippen LogP contribution < -0.4 is 0 Å². The molecular formula is C12H23N3O2. The zero-order chi connectivity index (χ0) is 12.3. The molecule has 0 aromatic carbocycles. The number of carbonyl (C=O) groups is 1. The highest BCUT2D eigenvalue weighted by Gasteiger charge is 2.28. The first-order chi connectivity index (χ1) is 8.18. The minimum atomic E-state index is 0.191. The molecule has 1 atom stereocenters. The van der Waals surface area contributed by atoms with E-state index >= 15 is 0 Å². The molecule has 2 saturated heterocycles. The first-order valence-electron chi connectivity index (χ1n) is 6.50. The molecule has 1 unspecified atom stereocenters.